The van der Waals surface area contributed by atoms with Crippen molar-refractivity contribution < 1.29 is 9.47 Å². The molecule has 0 amide bonds. The zero-order valence-electron chi connectivity index (χ0n) is 23.8. The van der Waals surface area contributed by atoms with Crippen LogP contribution in [0.25, 0.3) is 10.9 Å². The van der Waals surface area contributed by atoms with Gasteiger partial charge in [-0.25, -0.2) is 4.68 Å². The minimum Gasteiger partial charge on any atom is -0.493 e. The summed E-state index contributed by atoms with van der Waals surface area (Å²) in [6.45, 7) is 13.7. The van der Waals surface area contributed by atoms with Gasteiger partial charge in [-0.1, -0.05) is 12.1 Å². The molecule has 10 heteroatoms. The molecule has 3 heterocycles. The van der Waals surface area contributed by atoms with Crippen LogP contribution in [0.3, 0.4) is 0 Å². The fourth-order valence-electron chi connectivity index (χ4n) is 5.39. The number of tetrazole rings is 1. The van der Waals surface area contributed by atoms with Crippen molar-refractivity contribution in [3.05, 3.63) is 69.3 Å². The quantitative estimate of drug-likeness (QED) is 0.401. The standard InChI is InChI=1S/C29H37N7O3/c1-18-9-8-10-23(19(18)2)34-11-13-35(14-12-34)26(27-31-32-33-36(27)29(3,4)5)21-15-20-16-24(38-6)25(39-7)17-22(20)30-28(21)37/h8-10,15-17,26H,11-14H2,1-7H3,(H,30,37)/t26-/m1/s1. The maximum absolute atomic E-state index is 13.7. The fourth-order valence-corrected chi connectivity index (χ4v) is 5.39. The van der Waals surface area contributed by atoms with Crippen LogP contribution in [0.4, 0.5) is 5.69 Å². The van der Waals surface area contributed by atoms with Crippen LogP contribution >= 0.6 is 0 Å². The molecule has 1 fully saturated rings. The van der Waals surface area contributed by atoms with E-state index in [1.807, 2.05) is 16.8 Å². The van der Waals surface area contributed by atoms with Crippen molar-refractivity contribution in [2.45, 2.75) is 46.2 Å². The summed E-state index contributed by atoms with van der Waals surface area (Å²) in [6.07, 6.45) is 0. The Morgan fingerprint density at radius 3 is 2.33 bits per heavy atom. The molecule has 5 rings (SSSR count). The SMILES string of the molecule is COc1cc2cc([C@H](c3nnnn3C(C)(C)C)N3CCN(c4cccc(C)c4C)CC3)c(=O)[nH]c2cc1OC. The van der Waals surface area contributed by atoms with Crippen molar-refractivity contribution in [1.82, 2.24) is 30.1 Å². The summed E-state index contributed by atoms with van der Waals surface area (Å²) in [5, 5.41) is 13.7. The smallest absolute Gasteiger partial charge is 0.253 e. The molecule has 4 aromatic rings. The van der Waals surface area contributed by atoms with E-state index >= 15 is 0 Å². The van der Waals surface area contributed by atoms with Gasteiger partial charge in [-0.2, -0.15) is 0 Å². The number of hydrogen-bond donors (Lipinski definition) is 1. The number of hydrogen-bond acceptors (Lipinski definition) is 8. The molecule has 0 aliphatic carbocycles. The first-order valence-corrected chi connectivity index (χ1v) is 13.2. The van der Waals surface area contributed by atoms with E-state index in [9.17, 15) is 4.79 Å². The van der Waals surface area contributed by atoms with Gasteiger partial charge < -0.3 is 19.4 Å². The van der Waals surface area contributed by atoms with Crippen molar-refractivity contribution in [3.8, 4) is 11.5 Å². The first-order valence-electron chi connectivity index (χ1n) is 13.2. The molecule has 1 atom stereocenters. The second kappa shape index (κ2) is 10.3. The summed E-state index contributed by atoms with van der Waals surface area (Å²) in [4.78, 5) is 21.5. The third kappa shape index (κ3) is 4.96. The molecule has 1 saturated heterocycles. The molecule has 1 aliphatic heterocycles. The third-order valence-electron chi connectivity index (χ3n) is 7.64. The topological polar surface area (TPSA) is 101 Å². The number of benzene rings is 2. The van der Waals surface area contributed by atoms with Gasteiger partial charge in [0.15, 0.2) is 17.3 Å². The summed E-state index contributed by atoms with van der Waals surface area (Å²) < 4.78 is 12.8. The number of nitrogens with zero attached hydrogens (tertiary/aromatic N) is 6. The first kappa shape index (κ1) is 26.7. The summed E-state index contributed by atoms with van der Waals surface area (Å²) >= 11 is 0. The van der Waals surface area contributed by atoms with Gasteiger partial charge in [0.25, 0.3) is 5.56 Å². The third-order valence-corrected chi connectivity index (χ3v) is 7.64. The zero-order valence-corrected chi connectivity index (χ0v) is 23.8. The van der Waals surface area contributed by atoms with E-state index in [0.717, 1.165) is 31.6 Å². The lowest BCUT2D eigenvalue weighted by molar-refractivity contribution is 0.190. The van der Waals surface area contributed by atoms with Crippen LogP contribution in [-0.2, 0) is 5.54 Å². The molecule has 2 aromatic heterocycles. The summed E-state index contributed by atoms with van der Waals surface area (Å²) in [5.41, 5.74) is 4.57. The normalized spacial score (nSPS) is 15.5. The molecule has 1 aliphatic rings. The van der Waals surface area contributed by atoms with Gasteiger partial charge in [0.1, 0.15) is 6.04 Å². The first-order chi connectivity index (χ1) is 18.6. The number of H-pyrrole nitrogens is 1. The van der Waals surface area contributed by atoms with Crippen LogP contribution in [-0.4, -0.2) is 70.5 Å². The van der Waals surface area contributed by atoms with E-state index in [-0.39, 0.29) is 11.1 Å². The number of rotatable bonds is 6. The van der Waals surface area contributed by atoms with Gasteiger partial charge in [-0.15, -0.1) is 5.10 Å². The molecule has 0 radical (unpaired) electrons. The van der Waals surface area contributed by atoms with Crippen LogP contribution in [0.1, 0.15) is 49.3 Å². The maximum atomic E-state index is 13.7. The van der Waals surface area contributed by atoms with Crippen molar-refractivity contribution >= 4 is 16.6 Å². The number of ether oxygens (including phenoxy) is 2. The molecule has 2 aromatic carbocycles. The Balaban J connectivity index is 1.58. The largest absolute Gasteiger partial charge is 0.493 e. The predicted molar refractivity (Wildman–Crippen MR) is 152 cm³/mol. The average molecular weight is 532 g/mol. The lowest BCUT2D eigenvalue weighted by atomic mass is 10.0. The Kier molecular flexibility index (Phi) is 7.07. The molecule has 1 N–H and O–H groups in total. The Bertz CT molecular complexity index is 1550. The molecule has 39 heavy (non-hydrogen) atoms. The Labute approximate surface area is 228 Å². The number of piperazine rings is 1. The minimum atomic E-state index is -0.429. The lowest BCUT2D eigenvalue weighted by Gasteiger charge is -2.40. The molecule has 206 valence electrons. The second-order valence-corrected chi connectivity index (χ2v) is 11.1. The second-order valence-electron chi connectivity index (χ2n) is 11.1. The van der Waals surface area contributed by atoms with Crippen LogP contribution in [0, 0.1) is 13.8 Å². The number of nitrogens with one attached hydrogen (secondary N) is 1. The molecular weight excluding hydrogens is 494 g/mol. The number of aromatic nitrogens is 5. The minimum absolute atomic E-state index is 0.180. The number of fused-ring (bicyclic) bond motifs is 1. The van der Waals surface area contributed by atoms with Crippen LogP contribution in [0.15, 0.2) is 41.2 Å². The molecular formula is C29H37N7O3. The number of methoxy groups -OCH3 is 2. The Morgan fingerprint density at radius 2 is 1.67 bits per heavy atom. The van der Waals surface area contributed by atoms with E-state index in [1.165, 1.54) is 16.8 Å². The van der Waals surface area contributed by atoms with Crippen molar-refractivity contribution in [1.29, 1.82) is 0 Å². The van der Waals surface area contributed by atoms with Gasteiger partial charge in [0.05, 0.1) is 25.3 Å². The molecule has 0 spiro atoms. The van der Waals surface area contributed by atoms with E-state index in [4.69, 9.17) is 9.47 Å². The lowest BCUT2D eigenvalue weighted by Crippen LogP contribution is -2.49. The molecule has 0 bridgehead atoms. The van der Waals surface area contributed by atoms with Crippen molar-refractivity contribution in [2.24, 2.45) is 0 Å². The highest BCUT2D eigenvalue weighted by molar-refractivity contribution is 5.83. The van der Waals surface area contributed by atoms with Crippen molar-refractivity contribution in [3.63, 3.8) is 0 Å². The monoisotopic (exact) mass is 531 g/mol. The number of aryl methyl sites for hydroxylation is 1. The highest BCUT2D eigenvalue weighted by atomic mass is 16.5. The zero-order chi connectivity index (χ0) is 27.9. The highest BCUT2D eigenvalue weighted by Gasteiger charge is 2.35. The highest BCUT2D eigenvalue weighted by Crippen LogP contribution is 2.35. The summed E-state index contributed by atoms with van der Waals surface area (Å²) in [5.74, 6) is 1.80. The predicted octanol–water partition coefficient (Wildman–Crippen LogP) is 3.82. The number of aromatic amines is 1. The van der Waals surface area contributed by atoms with Crippen LogP contribution in [0.2, 0.25) is 0 Å². The maximum Gasteiger partial charge on any atom is 0.253 e. The number of pyridine rings is 1. The van der Waals surface area contributed by atoms with Crippen molar-refractivity contribution in [2.75, 3.05) is 45.3 Å². The molecule has 10 nitrogen and oxygen atoms in total. The van der Waals surface area contributed by atoms with Gasteiger partial charge in [-0.05, 0) is 74.4 Å². The van der Waals surface area contributed by atoms with E-state index < -0.39 is 6.04 Å². The average Bonchev–Trinajstić information content (AvgIpc) is 3.41. The fraction of sp³-hybridized carbons (Fsp3) is 0.448. The summed E-state index contributed by atoms with van der Waals surface area (Å²) in [6, 6.07) is 11.6. The summed E-state index contributed by atoms with van der Waals surface area (Å²) in [7, 11) is 3.18. The number of anilines is 1. The van der Waals surface area contributed by atoms with E-state index in [1.54, 1.807) is 20.3 Å². The Morgan fingerprint density at radius 1 is 0.974 bits per heavy atom. The van der Waals surface area contributed by atoms with E-state index in [0.29, 0.717) is 28.4 Å². The van der Waals surface area contributed by atoms with Gasteiger partial charge >= 0.3 is 0 Å². The van der Waals surface area contributed by atoms with Crippen LogP contribution < -0.4 is 19.9 Å². The molecule has 0 unspecified atom stereocenters. The van der Waals surface area contributed by atoms with Gasteiger partial charge in [0.2, 0.25) is 0 Å². The van der Waals surface area contributed by atoms with E-state index in [2.05, 4.69) is 83.1 Å². The van der Waals surface area contributed by atoms with Crippen LogP contribution in [0.5, 0.6) is 11.5 Å². The Hall–Kier alpha value is -3.92. The molecule has 0 saturated carbocycles. The van der Waals surface area contributed by atoms with Gasteiger partial charge in [-0.3, -0.25) is 9.69 Å². The van der Waals surface area contributed by atoms with Gasteiger partial charge in [0, 0.05) is 48.9 Å².